The average Bonchev–Trinajstić information content (AvgIpc) is 2.89. The Hall–Kier alpha value is -2.68. The van der Waals surface area contributed by atoms with Gasteiger partial charge in [0.05, 0.1) is 31.0 Å². The minimum atomic E-state index is -5.02. The maximum atomic E-state index is 14.0. The van der Waals surface area contributed by atoms with E-state index in [4.69, 9.17) is 28.3 Å². The quantitative estimate of drug-likeness (QED) is 0.353. The number of piperidine rings is 1. The molecule has 0 aliphatic carbocycles. The van der Waals surface area contributed by atoms with E-state index in [1.54, 1.807) is 0 Å². The Morgan fingerprint density at radius 2 is 1.60 bits per heavy atom. The van der Waals surface area contributed by atoms with Gasteiger partial charge < -0.3 is 5.11 Å². The van der Waals surface area contributed by atoms with E-state index in [0.717, 1.165) is 16.4 Å². The highest BCUT2D eigenvalue weighted by atomic mass is 35.5. The van der Waals surface area contributed by atoms with Crippen LogP contribution in [0.5, 0.6) is 0 Å². The highest BCUT2D eigenvalue weighted by Gasteiger charge is 2.39. The first kappa shape index (κ1) is 30.3. The van der Waals surface area contributed by atoms with Gasteiger partial charge in [-0.05, 0) is 54.8 Å². The van der Waals surface area contributed by atoms with E-state index >= 15 is 0 Å². The smallest absolute Gasteiger partial charge is 0.417 e. The number of carboxylic acid groups (broad SMARTS) is 1. The lowest BCUT2D eigenvalue weighted by Crippen LogP contribution is -2.46. The first-order valence-electron chi connectivity index (χ1n) is 11.6. The number of rotatable bonds is 7. The molecule has 1 aliphatic heterocycles. The molecule has 2 N–H and O–H groups in total. The van der Waals surface area contributed by atoms with Crippen LogP contribution in [0.1, 0.15) is 28.8 Å². The lowest BCUT2D eigenvalue weighted by molar-refractivity contribution is -0.139. The standard InChI is InChI=1S/C25H21Cl2F3N2O6S2/c26-21-6-2-5-19(23(21)27)15-7-8-22(20(14-15)25(28,29)30)39(35,36)31-17-9-11-32(12-10-17)40(37,38)18-4-1-3-16(13-18)24(33)34/h1-8,13-14,17,31H,9-12H2,(H,33,34). The third-order valence-electron chi connectivity index (χ3n) is 6.33. The summed E-state index contributed by atoms with van der Waals surface area (Å²) in [5.74, 6) is -1.30. The van der Waals surface area contributed by atoms with Gasteiger partial charge in [0.25, 0.3) is 0 Å². The minimum absolute atomic E-state index is 0.0161. The molecule has 0 atom stereocenters. The third-order valence-corrected chi connectivity index (χ3v) is 10.6. The average molecular weight is 637 g/mol. The largest absolute Gasteiger partial charge is 0.478 e. The lowest BCUT2D eigenvalue weighted by Gasteiger charge is -2.31. The number of hydrogen-bond donors (Lipinski definition) is 2. The van der Waals surface area contributed by atoms with Crippen molar-refractivity contribution in [1.82, 2.24) is 9.03 Å². The predicted molar refractivity (Wildman–Crippen MR) is 142 cm³/mol. The van der Waals surface area contributed by atoms with Crippen molar-refractivity contribution >= 4 is 49.2 Å². The van der Waals surface area contributed by atoms with Gasteiger partial charge in [-0.2, -0.15) is 17.5 Å². The number of aromatic carboxylic acids is 1. The summed E-state index contributed by atoms with van der Waals surface area (Å²) in [6, 6.07) is 11.1. The fraction of sp³-hybridized carbons (Fsp3) is 0.240. The van der Waals surface area contributed by atoms with Gasteiger partial charge >= 0.3 is 12.1 Å². The number of halogens is 5. The molecular formula is C25H21Cl2F3N2O6S2. The second-order valence-corrected chi connectivity index (χ2v) is 13.3. The van der Waals surface area contributed by atoms with E-state index < -0.39 is 48.7 Å². The van der Waals surface area contributed by atoms with Crippen LogP contribution in [0, 0.1) is 0 Å². The van der Waals surface area contributed by atoms with Crippen LogP contribution in [0.25, 0.3) is 11.1 Å². The van der Waals surface area contributed by atoms with Gasteiger partial charge in [-0.15, -0.1) is 0 Å². The van der Waals surface area contributed by atoms with Gasteiger partial charge in [0.15, 0.2) is 0 Å². The van der Waals surface area contributed by atoms with Gasteiger partial charge in [-0.3, -0.25) is 0 Å². The number of sulfonamides is 2. The Labute approximate surface area is 238 Å². The zero-order valence-corrected chi connectivity index (χ0v) is 23.5. The summed E-state index contributed by atoms with van der Waals surface area (Å²) in [5, 5.41) is 9.27. The Bertz CT molecular complexity index is 1670. The van der Waals surface area contributed by atoms with Crippen LogP contribution < -0.4 is 4.72 Å². The van der Waals surface area contributed by atoms with Crippen LogP contribution in [-0.4, -0.2) is 51.3 Å². The van der Waals surface area contributed by atoms with Crippen molar-refractivity contribution in [3.63, 3.8) is 0 Å². The van der Waals surface area contributed by atoms with Gasteiger partial charge in [0, 0.05) is 24.7 Å². The van der Waals surface area contributed by atoms with E-state index in [2.05, 4.69) is 4.72 Å². The number of carbonyl (C=O) groups is 1. The summed E-state index contributed by atoms with van der Waals surface area (Å²) in [6.07, 6.45) is -5.06. The Kier molecular flexibility index (Phi) is 8.56. The lowest BCUT2D eigenvalue weighted by atomic mass is 10.0. The molecule has 3 aromatic rings. The second kappa shape index (κ2) is 11.3. The van der Waals surface area contributed by atoms with Crippen LogP contribution in [0.4, 0.5) is 13.2 Å². The summed E-state index contributed by atoms with van der Waals surface area (Å²) < 4.78 is 97.5. The van der Waals surface area contributed by atoms with Crippen molar-refractivity contribution in [3.05, 3.63) is 81.8 Å². The summed E-state index contributed by atoms with van der Waals surface area (Å²) in [6.45, 7) is -0.268. The number of hydrogen-bond acceptors (Lipinski definition) is 5. The summed E-state index contributed by atoms with van der Waals surface area (Å²) in [4.78, 5) is 9.98. The van der Waals surface area contributed by atoms with E-state index in [1.165, 1.54) is 42.5 Å². The van der Waals surface area contributed by atoms with Gasteiger partial charge in [-0.1, -0.05) is 47.5 Å². The Balaban J connectivity index is 1.54. The molecule has 0 amide bonds. The number of nitrogens with zero attached hydrogens (tertiary/aromatic N) is 1. The van der Waals surface area contributed by atoms with E-state index in [0.29, 0.717) is 6.07 Å². The van der Waals surface area contributed by atoms with Crippen molar-refractivity contribution in [1.29, 1.82) is 0 Å². The van der Waals surface area contributed by atoms with Crippen molar-refractivity contribution < 1.29 is 39.9 Å². The molecule has 214 valence electrons. The molecule has 0 spiro atoms. The fourth-order valence-electron chi connectivity index (χ4n) is 4.32. The molecule has 15 heteroatoms. The van der Waals surface area contributed by atoms with Crippen molar-refractivity contribution in [2.24, 2.45) is 0 Å². The summed E-state index contributed by atoms with van der Waals surface area (Å²) in [7, 11) is -8.75. The van der Waals surface area contributed by atoms with E-state index in [9.17, 15) is 34.8 Å². The van der Waals surface area contributed by atoms with Crippen LogP contribution >= 0.6 is 23.2 Å². The molecular weight excluding hydrogens is 616 g/mol. The second-order valence-electron chi connectivity index (χ2n) is 8.94. The third kappa shape index (κ3) is 6.29. The Morgan fingerprint density at radius 3 is 2.23 bits per heavy atom. The normalized spacial score (nSPS) is 15.7. The minimum Gasteiger partial charge on any atom is -0.478 e. The fourth-order valence-corrected chi connectivity index (χ4v) is 7.75. The zero-order valence-electron chi connectivity index (χ0n) is 20.3. The van der Waals surface area contributed by atoms with Crippen LogP contribution in [0.15, 0.2) is 70.5 Å². The molecule has 8 nitrogen and oxygen atoms in total. The number of nitrogens with one attached hydrogen (secondary N) is 1. The molecule has 0 saturated carbocycles. The van der Waals surface area contributed by atoms with Gasteiger partial charge in [-0.25, -0.2) is 26.4 Å². The molecule has 0 bridgehead atoms. The molecule has 1 heterocycles. The molecule has 40 heavy (non-hydrogen) atoms. The molecule has 3 aromatic carbocycles. The molecule has 1 aliphatic rings. The van der Waals surface area contributed by atoms with Gasteiger partial charge in [0.2, 0.25) is 20.0 Å². The van der Waals surface area contributed by atoms with E-state index in [-0.39, 0.29) is 57.6 Å². The topological polar surface area (TPSA) is 121 Å². The molecule has 0 unspecified atom stereocenters. The van der Waals surface area contributed by atoms with Gasteiger partial charge in [0.1, 0.15) is 0 Å². The van der Waals surface area contributed by atoms with E-state index in [1.807, 2.05) is 0 Å². The maximum absolute atomic E-state index is 14.0. The summed E-state index contributed by atoms with van der Waals surface area (Å²) >= 11 is 12.1. The predicted octanol–water partition coefficient (Wildman–Crippen LogP) is 5.51. The number of carboxylic acids is 1. The molecule has 1 saturated heterocycles. The van der Waals surface area contributed by atoms with Crippen molar-refractivity contribution in [2.45, 2.75) is 34.9 Å². The Morgan fingerprint density at radius 1 is 0.950 bits per heavy atom. The van der Waals surface area contributed by atoms with Crippen molar-refractivity contribution in [2.75, 3.05) is 13.1 Å². The maximum Gasteiger partial charge on any atom is 0.417 e. The first-order chi connectivity index (χ1) is 18.6. The highest BCUT2D eigenvalue weighted by molar-refractivity contribution is 7.89. The van der Waals surface area contributed by atoms with Crippen LogP contribution in [-0.2, 0) is 26.2 Å². The first-order valence-corrected chi connectivity index (χ1v) is 15.3. The molecule has 0 radical (unpaired) electrons. The SMILES string of the molecule is O=C(O)c1cccc(S(=O)(=O)N2CCC(NS(=O)(=O)c3ccc(-c4cccc(Cl)c4Cl)cc3C(F)(F)F)CC2)c1. The number of alkyl halides is 3. The summed E-state index contributed by atoms with van der Waals surface area (Å²) in [5.41, 5.74) is -1.40. The monoisotopic (exact) mass is 636 g/mol. The van der Waals surface area contributed by atoms with Crippen LogP contribution in [0.2, 0.25) is 10.0 Å². The van der Waals surface area contributed by atoms with Crippen molar-refractivity contribution in [3.8, 4) is 11.1 Å². The van der Waals surface area contributed by atoms with Crippen LogP contribution in [0.3, 0.4) is 0 Å². The zero-order chi connectivity index (χ0) is 29.5. The molecule has 4 rings (SSSR count). The number of benzene rings is 3. The highest BCUT2D eigenvalue weighted by Crippen LogP contribution is 2.40. The molecule has 0 aromatic heterocycles. The molecule has 1 fully saturated rings.